The summed E-state index contributed by atoms with van der Waals surface area (Å²) in [6.07, 6.45) is 11.7. The number of carboxylic acid groups (broad SMARTS) is 1. The maximum absolute atomic E-state index is 12.5. The van der Waals surface area contributed by atoms with E-state index in [-0.39, 0.29) is 12.5 Å². The van der Waals surface area contributed by atoms with Crippen molar-refractivity contribution in [1.29, 1.82) is 0 Å². The van der Waals surface area contributed by atoms with Gasteiger partial charge in [0.05, 0.1) is 0 Å². The number of nitrogens with one attached hydrogen (secondary N) is 1. The molecule has 6 heteroatoms. The van der Waals surface area contributed by atoms with E-state index in [1.54, 1.807) is 6.08 Å². The van der Waals surface area contributed by atoms with Crippen molar-refractivity contribution in [2.45, 2.75) is 51.0 Å². The number of hydrogen-bond donors (Lipinski definition) is 2. The molecule has 2 N–H and O–H groups in total. The molecule has 4 rings (SSSR count). The molecule has 3 saturated carbocycles. The second-order valence-corrected chi connectivity index (χ2v) is 9.54. The Hall–Kier alpha value is -1.92. The fourth-order valence-electron chi connectivity index (χ4n) is 4.55. The third-order valence-electron chi connectivity index (χ3n) is 5.87. The summed E-state index contributed by atoms with van der Waals surface area (Å²) in [4.78, 5) is 10.6. The van der Waals surface area contributed by atoms with Crippen LogP contribution in [0.1, 0.15) is 50.5 Å². The minimum absolute atomic E-state index is 0.0217. The number of hydrogen-bond acceptors (Lipinski definition) is 3. The molecule has 0 heterocycles. The van der Waals surface area contributed by atoms with Crippen LogP contribution in [-0.2, 0) is 14.8 Å². The number of fused-ring (bicyclic) bond motifs is 3. The van der Waals surface area contributed by atoms with E-state index in [0.717, 1.165) is 31.2 Å². The highest BCUT2D eigenvalue weighted by molar-refractivity contribution is 7.92. The molecule has 152 valence electrons. The number of allylic oxidation sites excluding steroid dienone is 2. The van der Waals surface area contributed by atoms with Gasteiger partial charge in [0.15, 0.2) is 0 Å². The number of sulfonamides is 1. The highest BCUT2D eigenvalue weighted by atomic mass is 32.2. The van der Waals surface area contributed by atoms with Crippen LogP contribution in [0.2, 0.25) is 0 Å². The summed E-state index contributed by atoms with van der Waals surface area (Å²) in [7, 11) is -3.48. The third-order valence-corrected chi connectivity index (χ3v) is 6.99. The van der Waals surface area contributed by atoms with Gasteiger partial charge in [0.1, 0.15) is 0 Å². The Morgan fingerprint density at radius 1 is 1.18 bits per heavy atom. The summed E-state index contributed by atoms with van der Waals surface area (Å²) >= 11 is 0. The first kappa shape index (κ1) is 20.8. The van der Waals surface area contributed by atoms with Crippen molar-refractivity contribution >= 4 is 22.1 Å². The summed E-state index contributed by atoms with van der Waals surface area (Å²) in [5, 5.41) is 9.98. The summed E-state index contributed by atoms with van der Waals surface area (Å²) in [6.45, 7) is 0. The molecule has 0 radical (unpaired) electrons. The Morgan fingerprint density at radius 2 is 1.96 bits per heavy atom. The van der Waals surface area contributed by atoms with Gasteiger partial charge in [-0.15, -0.1) is 0 Å². The minimum Gasteiger partial charge on any atom is -0.481 e. The van der Waals surface area contributed by atoms with E-state index in [0.29, 0.717) is 24.2 Å². The number of carbonyl (C=O) groups is 1. The van der Waals surface area contributed by atoms with Crippen molar-refractivity contribution in [3.8, 4) is 0 Å². The van der Waals surface area contributed by atoms with E-state index in [4.69, 9.17) is 5.11 Å². The SMILES string of the molecule is O=C(O)CCC/C=C/C1CC2CCC1C(NS(=O)(=O)/C=C/c1ccccc1)C2. The van der Waals surface area contributed by atoms with Gasteiger partial charge in [0, 0.05) is 17.9 Å². The van der Waals surface area contributed by atoms with Crippen LogP contribution in [0.15, 0.2) is 47.9 Å². The maximum Gasteiger partial charge on any atom is 0.303 e. The molecule has 3 fully saturated rings. The van der Waals surface area contributed by atoms with Gasteiger partial charge in [0.2, 0.25) is 10.0 Å². The number of benzene rings is 1. The number of aliphatic carboxylic acids is 1. The minimum atomic E-state index is -3.48. The van der Waals surface area contributed by atoms with Crippen LogP contribution in [0.4, 0.5) is 0 Å². The largest absolute Gasteiger partial charge is 0.481 e. The van der Waals surface area contributed by atoms with E-state index >= 15 is 0 Å². The Bertz CT molecular complexity index is 816. The summed E-state index contributed by atoms with van der Waals surface area (Å²) in [5.74, 6) is 0.497. The van der Waals surface area contributed by atoms with E-state index in [9.17, 15) is 13.2 Å². The van der Waals surface area contributed by atoms with Crippen LogP contribution in [0.5, 0.6) is 0 Å². The van der Waals surface area contributed by atoms with Crippen molar-refractivity contribution in [2.75, 3.05) is 0 Å². The monoisotopic (exact) mass is 403 g/mol. The topological polar surface area (TPSA) is 83.5 Å². The molecule has 0 spiro atoms. The first-order valence-electron chi connectivity index (χ1n) is 10.1. The molecule has 0 saturated heterocycles. The van der Waals surface area contributed by atoms with Gasteiger partial charge in [-0.2, -0.15) is 0 Å². The molecule has 5 nitrogen and oxygen atoms in total. The molecule has 0 aliphatic heterocycles. The van der Waals surface area contributed by atoms with E-state index in [1.807, 2.05) is 30.3 Å². The smallest absolute Gasteiger partial charge is 0.303 e. The van der Waals surface area contributed by atoms with Crippen LogP contribution < -0.4 is 4.72 Å². The van der Waals surface area contributed by atoms with Crippen molar-refractivity contribution in [3.63, 3.8) is 0 Å². The molecule has 1 aromatic carbocycles. The Morgan fingerprint density at radius 3 is 2.68 bits per heavy atom. The fraction of sp³-hybridized carbons (Fsp3) is 0.500. The van der Waals surface area contributed by atoms with E-state index in [1.165, 1.54) is 11.8 Å². The van der Waals surface area contributed by atoms with Gasteiger partial charge < -0.3 is 5.11 Å². The molecule has 4 atom stereocenters. The Kier molecular flexibility index (Phi) is 7.08. The maximum atomic E-state index is 12.5. The third kappa shape index (κ3) is 6.04. The summed E-state index contributed by atoms with van der Waals surface area (Å²) in [6, 6.07) is 9.39. The number of rotatable bonds is 9. The predicted octanol–water partition coefficient (Wildman–Crippen LogP) is 4.19. The zero-order valence-corrected chi connectivity index (χ0v) is 16.9. The van der Waals surface area contributed by atoms with Gasteiger partial charge >= 0.3 is 5.97 Å². The lowest BCUT2D eigenvalue weighted by Crippen LogP contribution is -2.49. The molecular weight excluding hydrogens is 374 g/mol. The van der Waals surface area contributed by atoms with Gasteiger partial charge in [-0.25, -0.2) is 13.1 Å². The molecule has 1 aromatic rings. The van der Waals surface area contributed by atoms with Crippen LogP contribution in [-0.4, -0.2) is 25.5 Å². The fourth-order valence-corrected chi connectivity index (χ4v) is 5.66. The normalized spacial score (nSPS) is 27.6. The van der Waals surface area contributed by atoms with Gasteiger partial charge in [-0.1, -0.05) is 48.9 Å². The highest BCUT2D eigenvalue weighted by Gasteiger charge is 2.42. The summed E-state index contributed by atoms with van der Waals surface area (Å²) in [5.41, 5.74) is 0.861. The Balaban J connectivity index is 1.58. The molecule has 3 aliphatic carbocycles. The predicted molar refractivity (Wildman–Crippen MR) is 111 cm³/mol. The van der Waals surface area contributed by atoms with Crippen LogP contribution in [0.25, 0.3) is 6.08 Å². The van der Waals surface area contributed by atoms with Crippen molar-refractivity contribution < 1.29 is 18.3 Å². The lowest BCUT2D eigenvalue weighted by atomic mass is 9.62. The van der Waals surface area contributed by atoms with Crippen LogP contribution in [0.3, 0.4) is 0 Å². The first-order valence-corrected chi connectivity index (χ1v) is 11.6. The quantitative estimate of drug-likeness (QED) is 0.478. The van der Waals surface area contributed by atoms with E-state index < -0.39 is 16.0 Å². The van der Waals surface area contributed by atoms with Crippen LogP contribution >= 0.6 is 0 Å². The first-order chi connectivity index (χ1) is 13.4. The number of carboxylic acids is 1. The molecule has 28 heavy (non-hydrogen) atoms. The number of unbranched alkanes of at least 4 members (excludes halogenated alkanes) is 1. The average Bonchev–Trinajstić information content (AvgIpc) is 2.67. The summed E-state index contributed by atoms with van der Waals surface area (Å²) < 4.78 is 28.0. The van der Waals surface area contributed by atoms with Crippen molar-refractivity contribution in [2.24, 2.45) is 17.8 Å². The average molecular weight is 404 g/mol. The molecule has 3 aliphatic rings. The van der Waals surface area contributed by atoms with Crippen molar-refractivity contribution in [1.82, 2.24) is 4.72 Å². The second-order valence-electron chi connectivity index (χ2n) is 7.94. The standard InChI is InChI=1S/C22H29NO4S/c24-22(25)10-6-2-5-9-19-15-18-11-12-20(19)21(16-18)23-28(26,27)14-13-17-7-3-1-4-8-17/h1,3-5,7-9,13-14,18-21,23H,2,6,10-12,15-16H2,(H,24,25)/b9-5+,14-13+. The highest BCUT2D eigenvalue weighted by Crippen LogP contribution is 2.46. The zero-order valence-electron chi connectivity index (χ0n) is 16.0. The van der Waals surface area contributed by atoms with Gasteiger partial charge in [-0.3, -0.25) is 4.79 Å². The van der Waals surface area contributed by atoms with E-state index in [2.05, 4.69) is 16.9 Å². The lowest BCUT2D eigenvalue weighted by molar-refractivity contribution is -0.137. The zero-order chi connectivity index (χ0) is 20.0. The van der Waals surface area contributed by atoms with Gasteiger partial charge in [-0.05, 0) is 61.5 Å². The molecule has 4 unspecified atom stereocenters. The molecule has 0 aromatic heterocycles. The lowest BCUT2D eigenvalue weighted by Gasteiger charge is -2.46. The molecular formula is C22H29NO4S. The van der Waals surface area contributed by atoms with Gasteiger partial charge in [0.25, 0.3) is 0 Å². The molecule has 0 amide bonds. The molecule has 2 bridgehead atoms. The van der Waals surface area contributed by atoms with Crippen LogP contribution in [0, 0.1) is 17.8 Å². The van der Waals surface area contributed by atoms with Crippen molar-refractivity contribution in [3.05, 3.63) is 53.5 Å². The Labute approximate surface area is 167 Å². The second kappa shape index (κ2) is 9.52.